The average molecular weight is 580 g/mol. The molecule has 0 unspecified atom stereocenters. The Balaban J connectivity index is 1.48. The van der Waals surface area contributed by atoms with E-state index in [1.807, 2.05) is 44.8 Å². The van der Waals surface area contributed by atoms with Gasteiger partial charge in [-0.15, -0.1) is 0 Å². The van der Waals surface area contributed by atoms with Crippen LogP contribution in [0.25, 0.3) is 22.2 Å². The fraction of sp³-hybridized carbons (Fsp3) is 0.167. The first-order chi connectivity index (χ1) is 17.9. The molecule has 0 atom stereocenters. The van der Waals surface area contributed by atoms with Gasteiger partial charge in [-0.1, -0.05) is 0 Å². The van der Waals surface area contributed by atoms with Crippen LogP contribution in [0.4, 0.5) is 23.1 Å². The van der Waals surface area contributed by atoms with Gasteiger partial charge in [-0.2, -0.15) is 10.1 Å². The molecule has 0 radical (unpaired) electrons. The zero-order valence-corrected chi connectivity index (χ0v) is 22.9. The van der Waals surface area contributed by atoms with Crippen LogP contribution in [0.2, 0.25) is 0 Å². The Bertz CT molecular complexity index is 1580. The van der Waals surface area contributed by atoms with E-state index in [1.54, 1.807) is 42.8 Å². The first-order valence-electron chi connectivity index (χ1n) is 11.1. The zero-order valence-electron chi connectivity index (χ0n) is 20.5. The third kappa shape index (κ3) is 5.45. The van der Waals surface area contributed by atoms with E-state index in [0.717, 1.165) is 16.6 Å². The molecule has 4 aromatic heterocycles. The number of methoxy groups -OCH3 is 1. The number of nitrogens with one attached hydrogen (secondary N) is 2. The molecule has 37 heavy (non-hydrogen) atoms. The van der Waals surface area contributed by atoms with Crippen molar-refractivity contribution in [2.75, 3.05) is 31.1 Å². The lowest BCUT2D eigenvalue weighted by molar-refractivity contribution is 0.400. The van der Waals surface area contributed by atoms with Gasteiger partial charge in [-0.3, -0.25) is 9.67 Å². The van der Waals surface area contributed by atoms with E-state index in [0.29, 0.717) is 44.8 Å². The molecule has 1 aromatic carbocycles. The maximum absolute atomic E-state index is 6.18. The third-order valence-corrected chi connectivity index (χ3v) is 6.32. The molecular formula is C24H23BrN9O2P. The van der Waals surface area contributed by atoms with Crippen molar-refractivity contribution >= 4 is 58.3 Å². The molecule has 5 aromatic rings. The lowest BCUT2D eigenvalue weighted by Gasteiger charge is -2.17. The van der Waals surface area contributed by atoms with Crippen molar-refractivity contribution in [3.8, 4) is 22.8 Å². The summed E-state index contributed by atoms with van der Waals surface area (Å²) in [5, 5.41) is 10.8. The molecule has 0 saturated carbocycles. The summed E-state index contributed by atoms with van der Waals surface area (Å²) >= 11 is 3.54. The number of pyridine rings is 1. The molecule has 13 heteroatoms. The van der Waals surface area contributed by atoms with Crippen molar-refractivity contribution in [1.82, 2.24) is 34.7 Å². The van der Waals surface area contributed by atoms with Crippen LogP contribution >= 0.6 is 24.1 Å². The van der Waals surface area contributed by atoms with Gasteiger partial charge in [0.25, 0.3) is 0 Å². The minimum atomic E-state index is -0.706. The summed E-state index contributed by atoms with van der Waals surface area (Å²) in [6.45, 7) is 4.05. The molecule has 4 heterocycles. The van der Waals surface area contributed by atoms with E-state index in [9.17, 15) is 0 Å². The SMILES string of the molecule is COc1ncc(-c2cnn(C)c2)cc1Nc1ncc(Br)c(Nc2ccc3nccnc3c2OP(C)C)n1. The summed E-state index contributed by atoms with van der Waals surface area (Å²) in [5.74, 6) is 1.93. The second-order valence-corrected chi connectivity index (χ2v) is 10.8. The number of benzene rings is 1. The molecule has 2 N–H and O–H groups in total. The number of aromatic nitrogens is 7. The maximum Gasteiger partial charge on any atom is 0.237 e. The second kappa shape index (κ2) is 10.6. The minimum Gasteiger partial charge on any atom is -0.480 e. The van der Waals surface area contributed by atoms with E-state index < -0.39 is 8.15 Å². The smallest absolute Gasteiger partial charge is 0.237 e. The normalized spacial score (nSPS) is 11.1. The Morgan fingerprint density at radius 3 is 2.54 bits per heavy atom. The average Bonchev–Trinajstić information content (AvgIpc) is 3.33. The Labute approximate surface area is 222 Å². The van der Waals surface area contributed by atoms with Gasteiger partial charge in [0.2, 0.25) is 11.8 Å². The molecule has 0 saturated heterocycles. The van der Waals surface area contributed by atoms with Crippen LogP contribution in [-0.4, -0.2) is 55.1 Å². The second-order valence-electron chi connectivity index (χ2n) is 8.09. The molecule has 0 spiro atoms. The number of anilines is 4. The summed E-state index contributed by atoms with van der Waals surface area (Å²) in [5.41, 5.74) is 4.56. The number of hydrogen-bond acceptors (Lipinski definition) is 10. The fourth-order valence-corrected chi connectivity index (χ4v) is 4.42. The number of ether oxygens (including phenoxy) is 1. The topological polar surface area (TPSA) is 125 Å². The van der Waals surface area contributed by atoms with Crippen LogP contribution in [0.15, 0.2) is 59.9 Å². The van der Waals surface area contributed by atoms with Crippen LogP contribution < -0.4 is 19.9 Å². The minimum absolute atomic E-state index is 0.352. The highest BCUT2D eigenvalue weighted by Gasteiger charge is 2.16. The van der Waals surface area contributed by atoms with Crippen molar-refractivity contribution in [1.29, 1.82) is 0 Å². The highest BCUT2D eigenvalue weighted by atomic mass is 79.9. The van der Waals surface area contributed by atoms with Crippen molar-refractivity contribution in [3.63, 3.8) is 0 Å². The van der Waals surface area contributed by atoms with Gasteiger partial charge < -0.3 is 19.9 Å². The Morgan fingerprint density at radius 1 is 0.946 bits per heavy atom. The monoisotopic (exact) mass is 579 g/mol. The van der Waals surface area contributed by atoms with Gasteiger partial charge >= 0.3 is 0 Å². The third-order valence-electron chi connectivity index (χ3n) is 5.19. The largest absolute Gasteiger partial charge is 0.480 e. The Morgan fingerprint density at radius 2 is 1.78 bits per heavy atom. The van der Waals surface area contributed by atoms with Crippen molar-refractivity contribution < 1.29 is 9.26 Å². The number of nitrogens with zero attached hydrogens (tertiary/aromatic N) is 7. The number of halogens is 1. The number of hydrogen-bond donors (Lipinski definition) is 2. The van der Waals surface area contributed by atoms with E-state index in [1.165, 1.54) is 0 Å². The number of aryl methyl sites for hydroxylation is 1. The predicted octanol–water partition coefficient (Wildman–Crippen LogP) is 5.51. The first kappa shape index (κ1) is 24.8. The van der Waals surface area contributed by atoms with E-state index in [-0.39, 0.29) is 0 Å². The standard InChI is InChI=1S/C24H23BrN9O2P/c1-34-13-15(11-30-34)14-9-19(23(35-2)28-10-14)32-24-29-12-16(25)22(33-24)31-18-6-5-17-20(27-8-7-26-17)21(18)36-37(3)4/h5-13H,1-4H3,(H2,29,31,32,33). The van der Waals surface area contributed by atoms with Gasteiger partial charge in [0.05, 0.1) is 37.1 Å². The Hall–Kier alpha value is -3.89. The molecule has 0 fully saturated rings. The highest BCUT2D eigenvalue weighted by molar-refractivity contribution is 9.10. The van der Waals surface area contributed by atoms with Crippen LogP contribution in [0, 0.1) is 0 Å². The molecule has 0 amide bonds. The van der Waals surface area contributed by atoms with Crippen LogP contribution in [0.3, 0.4) is 0 Å². The summed E-state index contributed by atoms with van der Waals surface area (Å²) in [6.07, 6.45) is 10.4. The van der Waals surface area contributed by atoms with Crippen LogP contribution in [0.5, 0.6) is 11.6 Å². The lowest BCUT2D eigenvalue weighted by Crippen LogP contribution is -2.04. The summed E-state index contributed by atoms with van der Waals surface area (Å²) in [6, 6.07) is 5.71. The number of rotatable bonds is 8. The summed E-state index contributed by atoms with van der Waals surface area (Å²) < 4.78 is 14.0. The van der Waals surface area contributed by atoms with Gasteiger partial charge in [-0.05, 0) is 47.5 Å². The zero-order chi connectivity index (χ0) is 25.9. The molecule has 0 aliphatic carbocycles. The fourth-order valence-electron chi connectivity index (χ4n) is 3.58. The molecule has 0 aliphatic heterocycles. The molecule has 11 nitrogen and oxygen atoms in total. The predicted molar refractivity (Wildman–Crippen MR) is 148 cm³/mol. The lowest BCUT2D eigenvalue weighted by atomic mass is 10.1. The van der Waals surface area contributed by atoms with E-state index in [4.69, 9.17) is 9.26 Å². The van der Waals surface area contributed by atoms with Crippen molar-refractivity contribution in [2.24, 2.45) is 7.05 Å². The van der Waals surface area contributed by atoms with Gasteiger partial charge in [-0.25, -0.2) is 15.0 Å². The molecule has 5 rings (SSSR count). The van der Waals surface area contributed by atoms with E-state index in [2.05, 4.69) is 56.6 Å². The van der Waals surface area contributed by atoms with Crippen molar-refractivity contribution in [3.05, 3.63) is 59.9 Å². The molecule has 0 bridgehead atoms. The summed E-state index contributed by atoms with van der Waals surface area (Å²) in [7, 11) is 2.72. The highest BCUT2D eigenvalue weighted by Crippen LogP contribution is 2.41. The Kier molecular flexibility index (Phi) is 7.11. The molecule has 188 valence electrons. The summed E-state index contributed by atoms with van der Waals surface area (Å²) in [4.78, 5) is 22.4. The van der Waals surface area contributed by atoms with Crippen molar-refractivity contribution in [2.45, 2.75) is 0 Å². The first-order valence-corrected chi connectivity index (χ1v) is 14.0. The molecular weight excluding hydrogens is 557 g/mol. The van der Waals surface area contributed by atoms with Crippen LogP contribution in [0.1, 0.15) is 0 Å². The van der Waals surface area contributed by atoms with E-state index >= 15 is 0 Å². The quantitative estimate of drug-likeness (QED) is 0.227. The molecule has 0 aliphatic rings. The van der Waals surface area contributed by atoms with Gasteiger partial charge in [0, 0.05) is 49.2 Å². The number of fused-ring (bicyclic) bond motifs is 1. The maximum atomic E-state index is 6.18. The van der Waals surface area contributed by atoms with Gasteiger partial charge in [0.1, 0.15) is 17.0 Å². The van der Waals surface area contributed by atoms with Crippen LogP contribution in [-0.2, 0) is 7.05 Å². The van der Waals surface area contributed by atoms with Gasteiger partial charge in [0.15, 0.2) is 5.75 Å².